The fourth-order valence-electron chi connectivity index (χ4n) is 4.64. The number of rotatable bonds is 8. The summed E-state index contributed by atoms with van der Waals surface area (Å²) in [4.78, 5) is 2.60. The minimum absolute atomic E-state index is 0.0317. The van der Waals surface area contributed by atoms with Gasteiger partial charge in [0.15, 0.2) is 0 Å². The molecule has 1 aliphatic rings. The van der Waals surface area contributed by atoms with Crippen molar-refractivity contribution in [1.82, 2.24) is 0 Å². The zero-order valence-corrected chi connectivity index (χ0v) is 20.7. The lowest BCUT2D eigenvalue weighted by molar-refractivity contribution is 0.297. The summed E-state index contributed by atoms with van der Waals surface area (Å²) >= 11 is 0. The predicted octanol–water partition coefficient (Wildman–Crippen LogP) is 7.19. The Labute approximate surface area is 195 Å². The highest BCUT2D eigenvalue weighted by atomic mass is 31.1. The van der Waals surface area contributed by atoms with Gasteiger partial charge in [-0.3, -0.25) is 0 Å². The molecule has 1 heterocycles. The molecule has 3 aromatic rings. The van der Waals surface area contributed by atoms with Gasteiger partial charge >= 0.3 is 0 Å². The van der Waals surface area contributed by atoms with E-state index in [1.807, 2.05) is 0 Å². The van der Waals surface area contributed by atoms with E-state index in [9.17, 15) is 0 Å². The van der Waals surface area contributed by atoms with E-state index in [0.29, 0.717) is 15.2 Å². The number of piperidine rings is 1. The number of anilines is 1. The maximum absolute atomic E-state index is 6.48. The number of para-hydroxylation sites is 2. The van der Waals surface area contributed by atoms with Gasteiger partial charge < -0.3 is 9.64 Å². The fourth-order valence-corrected chi connectivity index (χ4v) is 6.29. The van der Waals surface area contributed by atoms with Gasteiger partial charge in [0, 0.05) is 29.5 Å². The van der Waals surface area contributed by atoms with Crippen LogP contribution in [0.5, 0.6) is 5.75 Å². The third kappa shape index (κ3) is 5.18. The third-order valence-electron chi connectivity index (χ3n) is 6.75. The van der Waals surface area contributed by atoms with E-state index in [1.54, 1.807) is 0 Å². The van der Waals surface area contributed by atoms with Crippen molar-refractivity contribution >= 4 is 19.6 Å². The lowest BCUT2D eigenvalue weighted by atomic mass is 9.94. The molecule has 0 spiro atoms. The fraction of sp³-hybridized carbons (Fsp3) is 0.379. The Morgan fingerprint density at radius 2 is 1.59 bits per heavy atom. The first-order valence-corrected chi connectivity index (χ1v) is 13.0. The van der Waals surface area contributed by atoms with Crippen molar-refractivity contribution in [2.75, 3.05) is 18.0 Å². The zero-order valence-electron chi connectivity index (χ0n) is 19.7. The lowest BCUT2D eigenvalue weighted by Gasteiger charge is -2.35. The van der Waals surface area contributed by atoms with Crippen LogP contribution < -0.4 is 14.9 Å². The van der Waals surface area contributed by atoms with Gasteiger partial charge in [0.05, 0.1) is 0 Å². The van der Waals surface area contributed by atoms with Gasteiger partial charge in [0.1, 0.15) is 12.4 Å². The molecule has 0 saturated carbocycles. The molecule has 0 aliphatic carbocycles. The quantitative estimate of drug-likeness (QED) is 0.340. The molecule has 4 rings (SSSR count). The highest BCUT2D eigenvalue weighted by Crippen LogP contribution is 2.49. The first-order chi connectivity index (χ1) is 15.6. The van der Waals surface area contributed by atoms with Crippen LogP contribution in [0.25, 0.3) is 0 Å². The molecule has 0 aromatic heterocycles. The van der Waals surface area contributed by atoms with Crippen molar-refractivity contribution in [3.63, 3.8) is 0 Å². The van der Waals surface area contributed by atoms with Crippen LogP contribution in [0.4, 0.5) is 5.69 Å². The predicted molar refractivity (Wildman–Crippen MR) is 140 cm³/mol. The molecule has 0 amide bonds. The maximum atomic E-state index is 6.48. The molecule has 2 unspecified atom stereocenters. The highest BCUT2D eigenvalue weighted by molar-refractivity contribution is 7.49. The molecule has 2 nitrogen and oxygen atoms in total. The first-order valence-electron chi connectivity index (χ1n) is 12.0. The van der Waals surface area contributed by atoms with Gasteiger partial charge in [0.2, 0.25) is 0 Å². The largest absolute Gasteiger partial charge is 0.488 e. The van der Waals surface area contributed by atoms with Crippen LogP contribution in [-0.4, -0.2) is 13.1 Å². The van der Waals surface area contributed by atoms with Crippen molar-refractivity contribution in [2.24, 2.45) is 0 Å². The minimum Gasteiger partial charge on any atom is -0.488 e. The second-order valence-electron chi connectivity index (χ2n) is 9.10. The average molecular weight is 446 g/mol. The van der Waals surface area contributed by atoms with E-state index < -0.39 is 0 Å². The number of hydrogen-bond acceptors (Lipinski definition) is 2. The monoisotopic (exact) mass is 445 g/mol. The minimum atomic E-state index is 0.0317. The molecule has 3 heteroatoms. The van der Waals surface area contributed by atoms with Gasteiger partial charge in [-0.05, 0) is 55.1 Å². The normalized spacial score (nSPS) is 16.3. The number of hydrogen-bond donors (Lipinski definition) is 0. The summed E-state index contributed by atoms with van der Waals surface area (Å²) in [6, 6.07) is 26.2. The smallest absolute Gasteiger partial charge is 0.126 e. The van der Waals surface area contributed by atoms with Gasteiger partial charge in [-0.1, -0.05) is 89.2 Å². The Morgan fingerprint density at radius 1 is 0.875 bits per heavy atom. The van der Waals surface area contributed by atoms with E-state index in [1.165, 1.54) is 60.0 Å². The van der Waals surface area contributed by atoms with E-state index in [-0.39, 0.29) is 5.16 Å². The Morgan fingerprint density at radius 3 is 2.34 bits per heavy atom. The summed E-state index contributed by atoms with van der Waals surface area (Å²) in [6.45, 7) is 9.87. The summed E-state index contributed by atoms with van der Waals surface area (Å²) in [5.74, 6) is 1.06. The summed E-state index contributed by atoms with van der Waals surface area (Å²) in [6.07, 6.45) is 5.04. The summed E-state index contributed by atoms with van der Waals surface area (Å²) in [7, 11) is 0.691. The Bertz CT molecular complexity index is 1010. The van der Waals surface area contributed by atoms with Crippen LogP contribution in [0.3, 0.4) is 0 Å². The Hall–Kier alpha value is -2.31. The SMILES string of the molecule is CCC(C)(Pc1ccccc1N1CCCCC1)c1cccc(C)c1OCc1ccccc1. The van der Waals surface area contributed by atoms with E-state index >= 15 is 0 Å². The van der Waals surface area contributed by atoms with Crippen molar-refractivity contribution in [3.05, 3.63) is 89.5 Å². The standard InChI is InChI=1S/C29H36NOP/c1-4-29(3,32-27-19-10-9-18-26(27)30-20-11-6-12-21-30)25-17-13-14-23(2)28(25)31-22-24-15-7-5-8-16-24/h5,7-10,13-19,32H,4,6,11-12,20-22H2,1-3H3. The summed E-state index contributed by atoms with van der Waals surface area (Å²) < 4.78 is 6.48. The molecule has 1 fully saturated rings. The summed E-state index contributed by atoms with van der Waals surface area (Å²) in [5, 5.41) is 1.51. The number of aryl methyl sites for hydroxylation is 1. The molecular formula is C29H36NOP. The highest BCUT2D eigenvalue weighted by Gasteiger charge is 2.31. The number of nitrogens with zero attached hydrogens (tertiary/aromatic N) is 1. The molecular weight excluding hydrogens is 409 g/mol. The van der Waals surface area contributed by atoms with Gasteiger partial charge in [-0.25, -0.2) is 0 Å². The Balaban J connectivity index is 1.64. The second kappa shape index (κ2) is 10.5. The van der Waals surface area contributed by atoms with Crippen LogP contribution in [0, 0.1) is 6.92 Å². The van der Waals surface area contributed by atoms with Gasteiger partial charge in [-0.15, -0.1) is 0 Å². The van der Waals surface area contributed by atoms with E-state index in [0.717, 1.165) is 12.2 Å². The maximum Gasteiger partial charge on any atom is 0.126 e. The van der Waals surface area contributed by atoms with Crippen molar-refractivity contribution in [3.8, 4) is 5.75 Å². The number of benzene rings is 3. The van der Waals surface area contributed by atoms with Gasteiger partial charge in [-0.2, -0.15) is 0 Å². The van der Waals surface area contributed by atoms with Crippen LogP contribution >= 0.6 is 8.58 Å². The molecule has 0 bridgehead atoms. The lowest BCUT2D eigenvalue weighted by Crippen LogP contribution is -2.33. The molecule has 2 atom stereocenters. The van der Waals surface area contributed by atoms with Gasteiger partial charge in [0.25, 0.3) is 0 Å². The molecule has 0 N–H and O–H groups in total. The zero-order chi connectivity index (χ0) is 22.4. The molecule has 168 valence electrons. The first kappa shape index (κ1) is 22.9. The summed E-state index contributed by atoms with van der Waals surface area (Å²) in [5.41, 5.74) is 5.19. The molecule has 0 radical (unpaired) electrons. The van der Waals surface area contributed by atoms with Crippen molar-refractivity contribution in [1.29, 1.82) is 0 Å². The molecule has 1 saturated heterocycles. The van der Waals surface area contributed by atoms with Crippen LogP contribution in [-0.2, 0) is 11.8 Å². The third-order valence-corrected chi connectivity index (χ3v) is 8.62. The van der Waals surface area contributed by atoms with Crippen LogP contribution in [0.1, 0.15) is 56.2 Å². The Kier molecular flexibility index (Phi) is 7.53. The second-order valence-corrected chi connectivity index (χ2v) is 11.0. The molecule has 32 heavy (non-hydrogen) atoms. The molecule has 1 aliphatic heterocycles. The molecule has 3 aromatic carbocycles. The van der Waals surface area contributed by atoms with Crippen molar-refractivity contribution in [2.45, 2.75) is 58.2 Å². The van der Waals surface area contributed by atoms with Crippen LogP contribution in [0.2, 0.25) is 0 Å². The van der Waals surface area contributed by atoms with E-state index in [2.05, 4.69) is 98.5 Å². The topological polar surface area (TPSA) is 12.5 Å². The van der Waals surface area contributed by atoms with Crippen molar-refractivity contribution < 1.29 is 4.74 Å². The van der Waals surface area contributed by atoms with E-state index in [4.69, 9.17) is 4.74 Å². The van der Waals surface area contributed by atoms with Crippen LogP contribution in [0.15, 0.2) is 72.8 Å². The number of ether oxygens (including phenoxy) is 1. The average Bonchev–Trinajstić information content (AvgIpc) is 2.84.